The molecule has 1 fully saturated rings. The average Bonchev–Trinajstić information content (AvgIpc) is 2.89. The van der Waals surface area contributed by atoms with Crippen LogP contribution in [0.5, 0.6) is 11.5 Å². The van der Waals surface area contributed by atoms with Crippen LogP contribution in [0.1, 0.15) is 5.56 Å². The Hall–Kier alpha value is -2.28. The van der Waals surface area contributed by atoms with Crippen molar-refractivity contribution in [1.29, 1.82) is 0 Å². The molecule has 0 atom stereocenters. The fraction of sp³-hybridized carbons (Fsp3) is 0.111. The van der Waals surface area contributed by atoms with E-state index in [1.165, 1.54) is 4.90 Å². The highest BCUT2D eigenvalue weighted by Gasteiger charge is 2.33. The summed E-state index contributed by atoms with van der Waals surface area (Å²) in [6.45, 7) is 0.902. The molecule has 1 amide bonds. The number of fused-ring (bicyclic) bond motifs is 1. The number of carbonyl (C=O) groups excluding carboxylic acids is 1. The lowest BCUT2D eigenvalue weighted by molar-refractivity contribution is -0.113. The summed E-state index contributed by atoms with van der Waals surface area (Å²) in [7, 11) is 0. The Kier molecular flexibility index (Phi) is 4.48. The van der Waals surface area contributed by atoms with Gasteiger partial charge in [-0.2, -0.15) is 0 Å². The average molecular weight is 407 g/mol. The molecule has 8 heteroatoms. The summed E-state index contributed by atoms with van der Waals surface area (Å²) < 4.78 is 11.1. The molecule has 0 aliphatic carbocycles. The summed E-state index contributed by atoms with van der Waals surface area (Å²) in [4.78, 5) is 14.2. The number of hydrogen-bond donors (Lipinski definition) is 1. The van der Waals surface area contributed by atoms with Gasteiger partial charge in [0.05, 0.1) is 15.7 Å². The number of carbonyl (C=O) groups is 1. The molecule has 132 valence electrons. The van der Waals surface area contributed by atoms with Crippen molar-refractivity contribution >= 4 is 58.2 Å². The summed E-state index contributed by atoms with van der Waals surface area (Å²) in [6, 6.07) is 10.5. The van der Waals surface area contributed by atoms with Crippen molar-refractivity contribution < 1.29 is 14.3 Å². The number of anilines is 1. The Morgan fingerprint density at radius 1 is 1.12 bits per heavy atom. The molecule has 0 saturated carbocycles. The maximum Gasteiger partial charge on any atom is 0.281 e. The Balaban J connectivity index is 1.69. The third kappa shape index (κ3) is 3.00. The second kappa shape index (κ2) is 6.79. The Morgan fingerprint density at radius 3 is 2.69 bits per heavy atom. The molecule has 2 aliphatic rings. The number of thiocarbonyl (C=S) groups is 1. The molecule has 1 N–H and O–H groups in total. The molecule has 5 nitrogen and oxygen atoms in total. The number of halogens is 2. The van der Waals surface area contributed by atoms with Gasteiger partial charge in [0.15, 0.2) is 16.6 Å². The van der Waals surface area contributed by atoms with Crippen LogP contribution in [0.4, 0.5) is 5.69 Å². The van der Waals surface area contributed by atoms with Crippen LogP contribution in [0.25, 0.3) is 6.08 Å². The first-order valence-electron chi connectivity index (χ1n) is 7.75. The molecule has 0 spiro atoms. The number of ether oxygens (including phenoxy) is 2. The Morgan fingerprint density at radius 2 is 1.88 bits per heavy atom. The second-order valence-corrected chi connectivity index (χ2v) is 6.81. The molecule has 0 bridgehead atoms. The molecule has 26 heavy (non-hydrogen) atoms. The zero-order valence-corrected chi connectivity index (χ0v) is 15.6. The SMILES string of the molecule is O=C1/C(=C\c2cc(Cl)c3c(c2)OCCO3)NC(=S)N1c1ccccc1Cl. The third-order valence-corrected chi connectivity index (χ3v) is 4.79. The minimum atomic E-state index is -0.297. The first-order valence-corrected chi connectivity index (χ1v) is 8.92. The lowest BCUT2D eigenvalue weighted by Gasteiger charge is -2.19. The second-order valence-electron chi connectivity index (χ2n) is 5.61. The summed E-state index contributed by atoms with van der Waals surface area (Å²) in [5.41, 5.74) is 1.54. The van der Waals surface area contributed by atoms with Crippen LogP contribution in [0.15, 0.2) is 42.1 Å². The minimum absolute atomic E-state index is 0.262. The normalized spacial score (nSPS) is 17.6. The van der Waals surface area contributed by atoms with E-state index in [1.54, 1.807) is 42.5 Å². The maximum absolute atomic E-state index is 12.8. The summed E-state index contributed by atoms with van der Waals surface area (Å²) in [5.74, 6) is 0.764. The van der Waals surface area contributed by atoms with Crippen LogP contribution in [-0.4, -0.2) is 24.2 Å². The van der Waals surface area contributed by atoms with Crippen LogP contribution in [0.3, 0.4) is 0 Å². The van der Waals surface area contributed by atoms with Gasteiger partial charge in [-0.3, -0.25) is 9.69 Å². The van der Waals surface area contributed by atoms with E-state index in [1.807, 2.05) is 0 Å². The zero-order valence-electron chi connectivity index (χ0n) is 13.3. The number of amides is 1. The van der Waals surface area contributed by atoms with Gasteiger partial charge in [-0.25, -0.2) is 0 Å². The first-order chi connectivity index (χ1) is 12.5. The first kappa shape index (κ1) is 17.1. The van der Waals surface area contributed by atoms with Crippen LogP contribution in [-0.2, 0) is 4.79 Å². The fourth-order valence-electron chi connectivity index (χ4n) is 2.77. The fourth-order valence-corrected chi connectivity index (χ4v) is 3.55. The van der Waals surface area contributed by atoms with Gasteiger partial charge in [-0.1, -0.05) is 35.3 Å². The highest BCUT2D eigenvalue weighted by atomic mass is 35.5. The number of nitrogens with zero attached hydrogens (tertiary/aromatic N) is 1. The number of hydrogen-bond acceptors (Lipinski definition) is 4. The monoisotopic (exact) mass is 406 g/mol. The third-order valence-electron chi connectivity index (χ3n) is 3.90. The largest absolute Gasteiger partial charge is 0.486 e. The quantitative estimate of drug-likeness (QED) is 0.602. The van der Waals surface area contributed by atoms with Crippen molar-refractivity contribution in [2.45, 2.75) is 0 Å². The van der Waals surface area contributed by atoms with Crippen molar-refractivity contribution in [2.75, 3.05) is 18.1 Å². The highest BCUT2D eigenvalue weighted by molar-refractivity contribution is 7.80. The van der Waals surface area contributed by atoms with E-state index >= 15 is 0 Å². The molecule has 2 heterocycles. The van der Waals surface area contributed by atoms with Crippen molar-refractivity contribution in [3.63, 3.8) is 0 Å². The zero-order chi connectivity index (χ0) is 18.3. The number of benzene rings is 2. The van der Waals surface area contributed by atoms with Crippen molar-refractivity contribution in [2.24, 2.45) is 0 Å². The smallest absolute Gasteiger partial charge is 0.281 e. The molecule has 1 saturated heterocycles. The van der Waals surface area contributed by atoms with Gasteiger partial charge in [-0.05, 0) is 48.1 Å². The molecular weight excluding hydrogens is 395 g/mol. The molecule has 4 rings (SSSR count). The highest BCUT2D eigenvalue weighted by Crippen LogP contribution is 2.39. The van der Waals surface area contributed by atoms with Gasteiger partial charge in [0.1, 0.15) is 18.9 Å². The lowest BCUT2D eigenvalue weighted by atomic mass is 10.1. The van der Waals surface area contributed by atoms with Gasteiger partial charge in [-0.15, -0.1) is 0 Å². The van der Waals surface area contributed by atoms with Crippen molar-refractivity contribution in [3.05, 3.63) is 57.7 Å². The molecule has 0 aromatic heterocycles. The van der Waals surface area contributed by atoms with Gasteiger partial charge in [0, 0.05) is 0 Å². The molecule has 2 aliphatic heterocycles. The van der Waals surface area contributed by atoms with E-state index in [2.05, 4.69) is 5.32 Å². The van der Waals surface area contributed by atoms with E-state index in [-0.39, 0.29) is 11.0 Å². The molecule has 0 radical (unpaired) electrons. The van der Waals surface area contributed by atoms with Gasteiger partial charge in [0.2, 0.25) is 0 Å². The molecular formula is C18H12Cl2N2O3S. The van der Waals surface area contributed by atoms with E-state index in [0.29, 0.717) is 51.7 Å². The van der Waals surface area contributed by atoms with E-state index in [4.69, 9.17) is 44.9 Å². The molecule has 2 aromatic rings. The maximum atomic E-state index is 12.8. The van der Waals surface area contributed by atoms with Crippen LogP contribution >= 0.6 is 35.4 Å². The lowest BCUT2D eigenvalue weighted by Crippen LogP contribution is -2.30. The Labute approximate surface area is 165 Å². The standard InChI is InChI=1S/C18H12Cl2N2O3S/c19-11-3-1-2-4-14(11)22-17(23)13(21-18(22)26)8-10-7-12(20)16-15(9-10)24-5-6-25-16/h1-4,7-9H,5-6H2,(H,21,26)/b13-8+. The summed E-state index contributed by atoms with van der Waals surface area (Å²) in [6.07, 6.45) is 1.66. The molecule has 0 unspecified atom stereocenters. The number of para-hydroxylation sites is 1. The van der Waals surface area contributed by atoms with Crippen LogP contribution in [0, 0.1) is 0 Å². The predicted molar refractivity (Wildman–Crippen MR) is 105 cm³/mol. The van der Waals surface area contributed by atoms with Gasteiger partial charge in [0.25, 0.3) is 5.91 Å². The number of rotatable bonds is 2. The Bertz CT molecular complexity index is 961. The van der Waals surface area contributed by atoms with E-state index in [0.717, 1.165) is 0 Å². The van der Waals surface area contributed by atoms with Crippen LogP contribution < -0.4 is 19.7 Å². The van der Waals surface area contributed by atoms with Crippen molar-refractivity contribution in [1.82, 2.24) is 5.32 Å². The molecule has 2 aromatic carbocycles. The van der Waals surface area contributed by atoms with Crippen LogP contribution in [0.2, 0.25) is 10.0 Å². The minimum Gasteiger partial charge on any atom is -0.486 e. The summed E-state index contributed by atoms with van der Waals surface area (Å²) in [5, 5.41) is 4.04. The predicted octanol–water partition coefficient (Wildman–Crippen LogP) is 4.03. The van der Waals surface area contributed by atoms with Crippen molar-refractivity contribution in [3.8, 4) is 11.5 Å². The number of nitrogens with one attached hydrogen (secondary N) is 1. The summed E-state index contributed by atoms with van der Waals surface area (Å²) >= 11 is 17.7. The van der Waals surface area contributed by atoms with Gasteiger partial charge < -0.3 is 14.8 Å². The van der Waals surface area contributed by atoms with E-state index < -0.39 is 0 Å². The topological polar surface area (TPSA) is 50.8 Å². The van der Waals surface area contributed by atoms with E-state index in [9.17, 15) is 4.79 Å². The van der Waals surface area contributed by atoms with Gasteiger partial charge >= 0.3 is 0 Å².